The average Bonchev–Trinajstić information content (AvgIpc) is 1.91. The van der Waals surface area contributed by atoms with Gasteiger partial charge in [-0.3, -0.25) is 14.9 Å². The predicted octanol–water partition coefficient (Wildman–Crippen LogP) is 6.60. The maximum absolute atomic E-state index is 15.5. The highest BCUT2D eigenvalue weighted by Crippen LogP contribution is 2.61. The number of methoxy groups -OCH3 is 2. The molecule has 5 heterocycles. The van der Waals surface area contributed by atoms with E-state index < -0.39 is 167 Å². The van der Waals surface area contributed by atoms with E-state index in [2.05, 4.69) is 25.2 Å². The van der Waals surface area contributed by atoms with E-state index in [1.54, 1.807) is 27.7 Å². The fourth-order valence-corrected chi connectivity index (χ4v) is 15.7. The Bertz CT molecular complexity index is 2580. The van der Waals surface area contributed by atoms with Crippen LogP contribution in [0.4, 0.5) is 4.79 Å². The minimum atomic E-state index is -1.73. The molecular formula is C61H90N2O20. The lowest BCUT2D eigenvalue weighted by Gasteiger charge is -2.56. The molecule has 9 aliphatic rings. The van der Waals surface area contributed by atoms with E-state index in [1.807, 2.05) is 58.9 Å². The van der Waals surface area contributed by atoms with E-state index in [9.17, 15) is 40.1 Å². The van der Waals surface area contributed by atoms with Crippen molar-refractivity contribution in [2.45, 2.75) is 244 Å². The fourth-order valence-electron chi connectivity index (χ4n) is 15.7. The van der Waals surface area contributed by atoms with Gasteiger partial charge in [-0.1, -0.05) is 69.2 Å². The maximum atomic E-state index is 15.5. The number of alkyl carbamates (subject to hydrolysis) is 1. The number of amides is 1. The van der Waals surface area contributed by atoms with Crippen molar-refractivity contribution in [1.29, 1.82) is 0 Å². The Balaban J connectivity index is 1.00. The molecule has 0 aromatic rings. The van der Waals surface area contributed by atoms with Gasteiger partial charge < -0.3 is 77.8 Å². The van der Waals surface area contributed by atoms with Crippen LogP contribution in [-0.4, -0.2) is 173 Å². The topological polar surface area (TPSA) is 289 Å². The van der Waals surface area contributed by atoms with Gasteiger partial charge in [0.05, 0.1) is 68.5 Å². The normalized spacial score (nSPS) is 48.9. The number of nitro groups is 1. The fraction of sp³-hybridized carbons (Fsp3) is 0.787. The minimum Gasteiger partial charge on any atom is -0.511 e. The zero-order valence-corrected chi connectivity index (χ0v) is 50.5. The molecular weight excluding hydrogens is 1080 g/mol. The van der Waals surface area contributed by atoms with Gasteiger partial charge in [0.25, 0.3) is 0 Å². The van der Waals surface area contributed by atoms with Crippen molar-refractivity contribution in [3.8, 4) is 0 Å². The van der Waals surface area contributed by atoms with E-state index >= 15 is 4.79 Å². The maximum Gasteiger partial charge on any atom is 0.407 e. The van der Waals surface area contributed by atoms with Gasteiger partial charge in [-0.25, -0.2) is 9.59 Å². The molecule has 22 nitrogen and oxygen atoms in total. The van der Waals surface area contributed by atoms with Crippen molar-refractivity contribution in [3.05, 3.63) is 68.5 Å². The molecule has 5 saturated heterocycles. The number of hydrogen-bond acceptors (Lipinski definition) is 20. The number of rotatable bonds is 11. The summed E-state index contributed by atoms with van der Waals surface area (Å²) in [5.41, 5.74) is -2.67. The predicted molar refractivity (Wildman–Crippen MR) is 296 cm³/mol. The van der Waals surface area contributed by atoms with Gasteiger partial charge >= 0.3 is 12.1 Å². The summed E-state index contributed by atoms with van der Waals surface area (Å²) in [7, 11) is 2.69. The largest absolute Gasteiger partial charge is 0.511 e. The molecule has 464 valence electrons. The third-order valence-corrected chi connectivity index (χ3v) is 20.3. The summed E-state index contributed by atoms with van der Waals surface area (Å²) >= 11 is 0. The third kappa shape index (κ3) is 11.8. The van der Waals surface area contributed by atoms with Gasteiger partial charge in [0.1, 0.15) is 35.7 Å². The molecule has 2 bridgehead atoms. The van der Waals surface area contributed by atoms with E-state index in [0.29, 0.717) is 12.0 Å². The molecule has 1 amide bonds. The number of Topliss-reactive ketones (excluding diaryl/α,β-unsaturated/α-hetero) is 1. The van der Waals surface area contributed by atoms with Gasteiger partial charge in [0.2, 0.25) is 11.3 Å². The molecule has 1 saturated carbocycles. The summed E-state index contributed by atoms with van der Waals surface area (Å²) in [5.74, 6) is -4.38. The molecule has 22 heteroatoms. The lowest BCUT2D eigenvalue weighted by molar-refractivity contribution is -0.584. The van der Waals surface area contributed by atoms with Crippen molar-refractivity contribution >= 4 is 17.8 Å². The number of nitrogens with one attached hydrogen (secondary N) is 1. The van der Waals surface area contributed by atoms with Crippen molar-refractivity contribution in [3.63, 3.8) is 0 Å². The highest BCUT2D eigenvalue weighted by atomic mass is 16.7. The summed E-state index contributed by atoms with van der Waals surface area (Å²) in [5, 5.41) is 62.3. The molecule has 0 unspecified atom stereocenters. The number of carbonyl (C=O) groups excluding carboxylic acids is 3. The van der Waals surface area contributed by atoms with Gasteiger partial charge in [0.15, 0.2) is 30.8 Å². The molecule has 0 aromatic carbocycles. The first kappa shape index (κ1) is 63.3. The number of aliphatic hydroxyl groups is 4. The molecule has 0 aromatic heterocycles. The van der Waals surface area contributed by atoms with Crippen LogP contribution in [0.5, 0.6) is 0 Å². The van der Waals surface area contributed by atoms with Crippen LogP contribution < -0.4 is 5.32 Å². The Labute approximate surface area is 486 Å². The summed E-state index contributed by atoms with van der Waals surface area (Å²) in [6.07, 6.45) is -2.63. The molecule has 4 aliphatic carbocycles. The lowest BCUT2D eigenvalue weighted by atomic mass is 9.49. The Hall–Kier alpha value is -4.17. The van der Waals surface area contributed by atoms with Gasteiger partial charge in [-0.05, 0) is 90.6 Å². The number of allylic oxidation sites excluding steroid dienone is 4. The van der Waals surface area contributed by atoms with Crippen LogP contribution in [-0.2, 0) is 61.7 Å². The number of nitrogens with zero attached hydrogens (tertiary/aromatic N) is 1. The lowest BCUT2D eigenvalue weighted by Crippen LogP contribution is -2.65. The molecule has 1 spiro atoms. The zero-order chi connectivity index (χ0) is 60.5. The van der Waals surface area contributed by atoms with Crippen molar-refractivity contribution < 1.29 is 91.8 Å². The summed E-state index contributed by atoms with van der Waals surface area (Å²) in [4.78, 5) is 55.1. The number of ether oxygens (including phenoxy) is 11. The van der Waals surface area contributed by atoms with Crippen LogP contribution in [0, 0.1) is 57.0 Å². The standard InChI is InChI=1S/C61H90N2O20/c1-27-15-18-42(79-47-26-59(11,63(71)72)54(36(10)78-47)62-58(70)74-14)29(3)21-37-20-28(2)32(6)25-61(37)56(68)48(57(69)83-61)55(67)60(12)39(27)17-16-38-49(60)30(4)19-31(5)51(38)81-46-24-43(50(66)33(7)75-46)80-44-23-41(65)53(35(9)77-44)82-45-22-40(64)52(73-13)34(8)76-45/h15-17,20-21,30-47,49-54,64-67H,18-19,22-26H2,1-14H3,(H,62,70)/b27-15+,29-21+,55-48?/t30-,31-,32+,33-,34-,35-,36+,37-,38-,39-,40+,41+,42-,43+,44-,45+,46-,47-,49+,50-,51-,52-,53-,54-,59-,60+,61-/m0/s1. The Kier molecular flexibility index (Phi) is 18.7. The number of aliphatic hydroxyl groups excluding tert-OH is 4. The van der Waals surface area contributed by atoms with Crippen molar-refractivity contribution in [2.75, 3.05) is 14.2 Å². The van der Waals surface area contributed by atoms with E-state index in [4.69, 9.17) is 52.1 Å². The summed E-state index contributed by atoms with van der Waals surface area (Å²) < 4.78 is 68.1. The second-order valence-corrected chi connectivity index (χ2v) is 26.0. The van der Waals surface area contributed by atoms with Gasteiger partial charge in [0, 0.05) is 67.8 Å². The molecule has 27 atom stereocenters. The molecule has 83 heavy (non-hydrogen) atoms. The van der Waals surface area contributed by atoms with Crippen LogP contribution in [0.15, 0.2) is 58.4 Å². The van der Waals surface area contributed by atoms with E-state index in [-0.39, 0.29) is 67.6 Å². The van der Waals surface area contributed by atoms with Crippen LogP contribution in [0.1, 0.15) is 128 Å². The first-order valence-corrected chi connectivity index (χ1v) is 29.8. The quantitative estimate of drug-likeness (QED) is 0.0479. The zero-order valence-electron chi connectivity index (χ0n) is 50.5. The van der Waals surface area contributed by atoms with Crippen LogP contribution in [0.3, 0.4) is 0 Å². The highest BCUT2D eigenvalue weighted by molar-refractivity contribution is 6.26. The Morgan fingerprint density at radius 3 is 1.96 bits per heavy atom. The minimum absolute atomic E-state index is 0.0237. The average molecular weight is 1170 g/mol. The van der Waals surface area contributed by atoms with Crippen LogP contribution >= 0.6 is 0 Å². The molecule has 6 fully saturated rings. The van der Waals surface area contributed by atoms with Crippen LogP contribution in [0.25, 0.3) is 0 Å². The van der Waals surface area contributed by atoms with Gasteiger partial charge in [-0.15, -0.1) is 0 Å². The second kappa shape index (κ2) is 24.5. The Morgan fingerprint density at radius 2 is 1.33 bits per heavy atom. The van der Waals surface area contributed by atoms with Gasteiger partial charge in [-0.2, -0.15) is 0 Å². The van der Waals surface area contributed by atoms with Crippen molar-refractivity contribution in [1.82, 2.24) is 5.32 Å². The number of hydrogen-bond donors (Lipinski definition) is 5. The smallest absolute Gasteiger partial charge is 0.407 e. The molecule has 5 N–H and O–H groups in total. The number of fused-ring (bicyclic) bond motifs is 4. The Morgan fingerprint density at radius 1 is 0.723 bits per heavy atom. The summed E-state index contributed by atoms with van der Waals surface area (Å²) in [6, 6.07) is -1.06. The third-order valence-electron chi connectivity index (χ3n) is 20.3. The number of esters is 1. The first-order chi connectivity index (χ1) is 39.1. The highest BCUT2D eigenvalue weighted by Gasteiger charge is 2.64. The van der Waals surface area contributed by atoms with Crippen molar-refractivity contribution in [2.24, 2.45) is 46.8 Å². The summed E-state index contributed by atoms with van der Waals surface area (Å²) in [6.45, 7) is 22.2. The van der Waals surface area contributed by atoms with E-state index in [1.165, 1.54) is 21.1 Å². The van der Waals surface area contributed by atoms with E-state index in [0.717, 1.165) is 11.1 Å². The molecule has 9 rings (SSSR count). The first-order valence-electron chi connectivity index (χ1n) is 29.8. The number of carbonyl (C=O) groups is 3. The second-order valence-electron chi connectivity index (χ2n) is 26.0. The molecule has 5 aliphatic heterocycles. The molecule has 0 radical (unpaired) electrons. The number of ketones is 1. The monoisotopic (exact) mass is 1170 g/mol. The SMILES string of the molecule is COC(=O)N[C@H]1[C@@H](C)O[C@@H](O[C@H]2C/C=C(\C)[C@@H]3C=C[C@@H]4[C@@H](O[C@H]5C[C@@H](O[C@H]6C[C@@H](O)[C@@H](O[C@@H]7C[C@@H](O)[C@@H](OC)[C@H](C)O7)[C@H](C)O6)[C@@H](O)[C@H](C)O5)[C@@H](C)C[C@H](C)[C@H]4[C@]3(C)C(O)=C3C(=O)O[C@]4(C[C@@H](C)C(C)=C[C@H]4/C=C/2C)C3=O)C[C@]1(C)[N+](=O)[O-]. The van der Waals surface area contributed by atoms with Crippen LogP contribution in [0.2, 0.25) is 0 Å².